The third-order valence-electron chi connectivity index (χ3n) is 4.34. The lowest BCUT2D eigenvalue weighted by Gasteiger charge is -2.15. The van der Waals surface area contributed by atoms with Crippen LogP contribution in [0, 0.1) is 12.7 Å². The molecule has 0 atom stereocenters. The molecule has 1 amide bonds. The number of rotatable bonds is 5. The minimum absolute atomic E-state index is 0.241. The van der Waals surface area contributed by atoms with E-state index in [1.807, 2.05) is 25.1 Å². The number of hydrogen-bond acceptors (Lipinski definition) is 2. The summed E-state index contributed by atoms with van der Waals surface area (Å²) in [7, 11) is 0. The summed E-state index contributed by atoms with van der Waals surface area (Å²) in [4.78, 5) is 12.3. The highest BCUT2D eigenvalue weighted by molar-refractivity contribution is 6.02. The number of furan rings is 1. The molecule has 0 unspecified atom stereocenters. The summed E-state index contributed by atoms with van der Waals surface area (Å²) in [5.41, 5.74) is 3.34. The first kappa shape index (κ1) is 18.6. The lowest BCUT2D eigenvalue weighted by Crippen LogP contribution is -2.11. The average Bonchev–Trinajstić information content (AvgIpc) is 3.10. The second-order valence-corrected chi connectivity index (χ2v) is 6.70. The highest BCUT2D eigenvalue weighted by atomic mass is 19.1. The predicted molar refractivity (Wildman–Crippen MR) is 107 cm³/mol. The van der Waals surface area contributed by atoms with Crippen LogP contribution >= 0.6 is 0 Å². The van der Waals surface area contributed by atoms with Crippen molar-refractivity contribution in [2.75, 3.05) is 5.32 Å². The number of halogens is 1. The van der Waals surface area contributed by atoms with Gasteiger partial charge in [-0.1, -0.05) is 44.2 Å². The number of anilines is 1. The molecule has 27 heavy (non-hydrogen) atoms. The summed E-state index contributed by atoms with van der Waals surface area (Å²) >= 11 is 0. The van der Waals surface area contributed by atoms with Gasteiger partial charge in [0.1, 0.15) is 17.3 Å². The average molecular weight is 363 g/mol. The first-order valence-corrected chi connectivity index (χ1v) is 8.89. The van der Waals surface area contributed by atoms with Crippen molar-refractivity contribution in [3.05, 3.63) is 83.4 Å². The van der Waals surface area contributed by atoms with Crippen LogP contribution in [0.4, 0.5) is 10.1 Å². The number of nitrogens with one attached hydrogen (secondary N) is 1. The number of aryl methyl sites for hydroxylation is 1. The SMILES string of the molecule is Cc1cccc(C(C)C)c1NC(=O)/C=C/c1ccc(-c2ccccc2F)o1. The summed E-state index contributed by atoms with van der Waals surface area (Å²) in [5, 5.41) is 2.95. The zero-order chi connectivity index (χ0) is 19.4. The topological polar surface area (TPSA) is 42.2 Å². The Morgan fingerprint density at radius 3 is 2.59 bits per heavy atom. The van der Waals surface area contributed by atoms with Gasteiger partial charge in [0.2, 0.25) is 5.91 Å². The van der Waals surface area contributed by atoms with Gasteiger partial charge < -0.3 is 9.73 Å². The minimum Gasteiger partial charge on any atom is -0.457 e. The fraction of sp³-hybridized carbons (Fsp3) is 0.174. The number of carbonyl (C=O) groups excluding carboxylic acids is 1. The van der Waals surface area contributed by atoms with Crippen LogP contribution in [-0.2, 0) is 4.79 Å². The van der Waals surface area contributed by atoms with Crippen LogP contribution in [0.2, 0.25) is 0 Å². The quantitative estimate of drug-likeness (QED) is 0.551. The zero-order valence-corrected chi connectivity index (χ0v) is 15.6. The molecule has 3 aromatic rings. The number of carbonyl (C=O) groups is 1. The molecule has 2 aromatic carbocycles. The Kier molecular flexibility index (Phi) is 5.55. The van der Waals surface area contributed by atoms with Crippen LogP contribution in [-0.4, -0.2) is 5.91 Å². The molecule has 3 rings (SSSR count). The van der Waals surface area contributed by atoms with E-state index < -0.39 is 0 Å². The molecule has 4 heteroatoms. The third-order valence-corrected chi connectivity index (χ3v) is 4.34. The molecule has 0 aliphatic carbocycles. The first-order chi connectivity index (χ1) is 13.0. The Hall–Kier alpha value is -3.14. The summed E-state index contributed by atoms with van der Waals surface area (Å²) in [6.07, 6.45) is 2.99. The van der Waals surface area contributed by atoms with E-state index in [1.54, 1.807) is 36.4 Å². The first-order valence-electron chi connectivity index (χ1n) is 8.89. The molecule has 0 saturated carbocycles. The molecule has 0 aliphatic heterocycles. The van der Waals surface area contributed by atoms with Gasteiger partial charge >= 0.3 is 0 Å². The second kappa shape index (κ2) is 8.04. The zero-order valence-electron chi connectivity index (χ0n) is 15.6. The Balaban J connectivity index is 1.75. The van der Waals surface area contributed by atoms with Gasteiger partial charge in [-0.15, -0.1) is 0 Å². The maximum atomic E-state index is 13.8. The molecule has 1 aromatic heterocycles. The van der Waals surface area contributed by atoms with Crippen LogP contribution in [0.25, 0.3) is 17.4 Å². The van der Waals surface area contributed by atoms with Crippen LogP contribution in [0.3, 0.4) is 0 Å². The molecule has 1 N–H and O–H groups in total. The maximum absolute atomic E-state index is 13.8. The highest BCUT2D eigenvalue weighted by Crippen LogP contribution is 2.28. The summed E-state index contributed by atoms with van der Waals surface area (Å²) in [6.45, 7) is 6.15. The van der Waals surface area contributed by atoms with E-state index >= 15 is 0 Å². The monoisotopic (exact) mass is 363 g/mol. The van der Waals surface area contributed by atoms with Gasteiger partial charge in [0.05, 0.1) is 5.56 Å². The third kappa shape index (κ3) is 4.34. The minimum atomic E-state index is -0.346. The molecule has 0 spiro atoms. The van der Waals surface area contributed by atoms with Gasteiger partial charge in [0.15, 0.2) is 0 Å². The van der Waals surface area contributed by atoms with Crippen LogP contribution in [0.1, 0.15) is 36.7 Å². The largest absolute Gasteiger partial charge is 0.457 e. The van der Waals surface area contributed by atoms with E-state index in [0.717, 1.165) is 16.8 Å². The van der Waals surface area contributed by atoms with Crippen molar-refractivity contribution in [3.8, 4) is 11.3 Å². The number of benzene rings is 2. The van der Waals surface area contributed by atoms with Crippen molar-refractivity contribution < 1.29 is 13.6 Å². The van der Waals surface area contributed by atoms with E-state index in [1.165, 1.54) is 12.1 Å². The maximum Gasteiger partial charge on any atom is 0.248 e. The Morgan fingerprint density at radius 1 is 1.07 bits per heavy atom. The van der Waals surface area contributed by atoms with Gasteiger partial charge in [0.25, 0.3) is 0 Å². The fourth-order valence-electron chi connectivity index (χ4n) is 2.91. The van der Waals surface area contributed by atoms with Crippen molar-refractivity contribution in [1.82, 2.24) is 0 Å². The van der Waals surface area contributed by atoms with Crippen LogP contribution in [0.15, 0.2) is 65.1 Å². The van der Waals surface area contributed by atoms with E-state index in [2.05, 4.69) is 19.2 Å². The Labute approximate surface area is 158 Å². The standard InChI is InChI=1S/C23H22FNO2/c1-15(2)18-9-6-7-16(3)23(18)25-22(26)14-12-17-11-13-21(27-17)19-8-4-5-10-20(19)24/h4-15H,1-3H3,(H,25,26)/b14-12+. The van der Waals surface area contributed by atoms with Gasteiger partial charge in [-0.2, -0.15) is 0 Å². The van der Waals surface area contributed by atoms with E-state index in [4.69, 9.17) is 4.42 Å². The molecule has 0 radical (unpaired) electrons. The summed E-state index contributed by atoms with van der Waals surface area (Å²) in [5.74, 6) is 0.625. The van der Waals surface area contributed by atoms with Crippen molar-refractivity contribution in [1.29, 1.82) is 0 Å². The molecule has 0 saturated heterocycles. The fourth-order valence-corrected chi connectivity index (χ4v) is 2.91. The smallest absolute Gasteiger partial charge is 0.248 e. The molecule has 1 heterocycles. The predicted octanol–water partition coefficient (Wildman–Crippen LogP) is 6.17. The molecule has 0 bridgehead atoms. The highest BCUT2D eigenvalue weighted by Gasteiger charge is 2.11. The van der Waals surface area contributed by atoms with Crippen molar-refractivity contribution in [3.63, 3.8) is 0 Å². The van der Waals surface area contributed by atoms with E-state index in [9.17, 15) is 9.18 Å². The van der Waals surface area contributed by atoms with Crippen molar-refractivity contribution >= 4 is 17.7 Å². The normalized spacial score (nSPS) is 11.3. The van der Waals surface area contributed by atoms with Gasteiger partial charge in [0, 0.05) is 11.8 Å². The Morgan fingerprint density at radius 2 is 1.85 bits per heavy atom. The van der Waals surface area contributed by atoms with Gasteiger partial charge in [-0.05, 0) is 54.3 Å². The van der Waals surface area contributed by atoms with E-state index in [0.29, 0.717) is 23.0 Å². The van der Waals surface area contributed by atoms with Crippen molar-refractivity contribution in [2.45, 2.75) is 26.7 Å². The molecule has 3 nitrogen and oxygen atoms in total. The molecule has 0 aliphatic rings. The lowest BCUT2D eigenvalue weighted by atomic mass is 9.98. The second-order valence-electron chi connectivity index (χ2n) is 6.70. The summed E-state index contributed by atoms with van der Waals surface area (Å²) in [6, 6.07) is 15.8. The summed E-state index contributed by atoms with van der Waals surface area (Å²) < 4.78 is 19.5. The van der Waals surface area contributed by atoms with Gasteiger partial charge in [-0.3, -0.25) is 4.79 Å². The molecular formula is C23H22FNO2. The van der Waals surface area contributed by atoms with Crippen LogP contribution in [0.5, 0.6) is 0 Å². The molecule has 138 valence electrons. The number of hydrogen-bond donors (Lipinski definition) is 1. The van der Waals surface area contributed by atoms with E-state index in [-0.39, 0.29) is 11.7 Å². The number of amides is 1. The molecule has 0 fully saturated rings. The van der Waals surface area contributed by atoms with Crippen molar-refractivity contribution in [2.24, 2.45) is 0 Å². The lowest BCUT2D eigenvalue weighted by molar-refractivity contribution is -0.111. The molecular weight excluding hydrogens is 341 g/mol. The van der Waals surface area contributed by atoms with Crippen LogP contribution < -0.4 is 5.32 Å². The Bertz CT molecular complexity index is 986. The number of para-hydroxylation sites is 1. The van der Waals surface area contributed by atoms with Gasteiger partial charge in [-0.25, -0.2) is 4.39 Å².